The van der Waals surface area contributed by atoms with Crippen LogP contribution >= 0.6 is 11.6 Å². The lowest BCUT2D eigenvalue weighted by Gasteiger charge is -2.36. The third kappa shape index (κ3) is 7.77. The van der Waals surface area contributed by atoms with E-state index in [2.05, 4.69) is 26.9 Å². The average Bonchev–Trinajstić information content (AvgIpc) is 4.07. The summed E-state index contributed by atoms with van der Waals surface area (Å²) in [6, 6.07) is 8.62. The first-order valence-corrected chi connectivity index (χ1v) is 18.9. The lowest BCUT2D eigenvalue weighted by molar-refractivity contribution is -0.141. The van der Waals surface area contributed by atoms with Crippen molar-refractivity contribution < 1.29 is 43.5 Å². The number of pyridine rings is 1. The molecule has 282 valence electrons. The van der Waals surface area contributed by atoms with E-state index in [0.717, 1.165) is 0 Å². The number of halogens is 1. The van der Waals surface area contributed by atoms with Gasteiger partial charge >= 0.3 is 5.97 Å². The molecule has 2 saturated carbocycles. The normalized spacial score (nSPS) is 23.4. The number of carboxylic acids is 1. The Bertz CT molecular complexity index is 2110. The van der Waals surface area contributed by atoms with E-state index in [4.69, 9.17) is 22.4 Å². The fraction of sp³-hybridized carbons (Fsp3) is 0.432. The number of likely N-dealkylation sites (tertiary alicyclic amines) is 1. The van der Waals surface area contributed by atoms with Gasteiger partial charge in [0.05, 0.1) is 30.7 Å². The summed E-state index contributed by atoms with van der Waals surface area (Å²) >= 11 is 6.33. The number of hydrogen-bond acceptors (Lipinski definition) is 10. The van der Waals surface area contributed by atoms with Gasteiger partial charge in [-0.2, -0.15) is 0 Å². The molecule has 0 bridgehead atoms. The van der Waals surface area contributed by atoms with Crippen LogP contribution in [0.5, 0.6) is 11.6 Å². The molecule has 14 nitrogen and oxygen atoms in total. The summed E-state index contributed by atoms with van der Waals surface area (Å²) in [6.07, 6.45) is 3.12. The number of carbonyl (C=O) groups is 4. The van der Waals surface area contributed by atoms with E-state index >= 15 is 0 Å². The number of aromatic carboxylic acids is 1. The molecule has 0 radical (unpaired) electrons. The molecule has 1 aliphatic heterocycles. The van der Waals surface area contributed by atoms with E-state index in [0.29, 0.717) is 40.1 Å². The van der Waals surface area contributed by atoms with E-state index in [1.807, 2.05) is 0 Å². The topological polar surface area (TPSA) is 193 Å². The van der Waals surface area contributed by atoms with E-state index in [-0.39, 0.29) is 37.7 Å². The number of amides is 3. The number of aromatic nitrogens is 1. The van der Waals surface area contributed by atoms with E-state index in [1.165, 1.54) is 48.5 Å². The van der Waals surface area contributed by atoms with E-state index < -0.39 is 74.0 Å². The van der Waals surface area contributed by atoms with Crippen molar-refractivity contribution in [2.45, 2.75) is 75.4 Å². The molecule has 16 heteroatoms. The number of anilines is 1. The fourth-order valence-electron chi connectivity index (χ4n) is 6.61. The molecule has 0 spiro atoms. The average molecular weight is 769 g/mol. The molecule has 3 aliphatic rings. The quantitative estimate of drug-likeness (QED) is 0.183. The molecule has 5 atom stereocenters. The second kappa shape index (κ2) is 14.2. The summed E-state index contributed by atoms with van der Waals surface area (Å²) in [7, 11) is -2.43. The van der Waals surface area contributed by atoms with Crippen molar-refractivity contribution in [1.82, 2.24) is 19.9 Å². The number of carbonyl (C=O) groups excluding carboxylic acids is 3. The molecule has 3 aromatic rings. The molecule has 6 rings (SSSR count). The predicted molar refractivity (Wildman–Crippen MR) is 197 cm³/mol. The summed E-state index contributed by atoms with van der Waals surface area (Å²) in [5, 5.41) is 16.2. The van der Waals surface area contributed by atoms with Gasteiger partial charge in [-0.1, -0.05) is 38.4 Å². The zero-order chi connectivity index (χ0) is 39.2. The van der Waals surface area contributed by atoms with Crippen molar-refractivity contribution in [3.8, 4) is 11.6 Å². The molecule has 2 aliphatic carbocycles. The Balaban J connectivity index is 1.33. The van der Waals surface area contributed by atoms with Crippen molar-refractivity contribution >= 4 is 61.8 Å². The largest absolute Gasteiger partial charge is 0.494 e. The first-order chi connectivity index (χ1) is 25.5. The third-order valence-corrected chi connectivity index (χ3v) is 11.9. The zero-order valence-corrected chi connectivity index (χ0v) is 31.0. The zero-order valence-electron chi connectivity index (χ0n) is 30.4. The minimum absolute atomic E-state index is 0.0362. The van der Waals surface area contributed by atoms with Gasteiger partial charge < -0.3 is 30.1 Å². The van der Waals surface area contributed by atoms with Crippen LogP contribution in [0.3, 0.4) is 0 Å². The minimum atomic E-state index is -3.93. The second-order valence-corrected chi connectivity index (χ2v) is 16.8. The third-order valence-electron chi connectivity index (χ3n) is 9.84. The summed E-state index contributed by atoms with van der Waals surface area (Å²) in [5.74, 6) is -3.15. The van der Waals surface area contributed by atoms with Gasteiger partial charge in [0.15, 0.2) is 0 Å². The highest BCUT2D eigenvalue weighted by atomic mass is 35.5. The summed E-state index contributed by atoms with van der Waals surface area (Å²) in [6.45, 7) is 6.90. The Hall–Kier alpha value is -4.89. The molecule has 53 heavy (non-hydrogen) atoms. The number of sulfonamides is 1. The number of nitrogens with one attached hydrogen (secondary N) is 3. The monoisotopic (exact) mass is 768 g/mol. The number of fused-ring (bicyclic) bond motifs is 1. The van der Waals surface area contributed by atoms with Crippen LogP contribution < -0.4 is 24.8 Å². The summed E-state index contributed by atoms with van der Waals surface area (Å²) in [5.41, 5.74) is -2.14. The lowest BCUT2D eigenvalue weighted by Crippen LogP contribution is -2.58. The predicted octanol–water partition coefficient (Wildman–Crippen LogP) is 4.14. The SMILES string of the molecule is [2H]CC(C)(C)[C@H](Nc1ccc(C(=O)O)cc1)C(=O)N1C[C@H](Oc2ncc(OC)c3ccc(Cl)cc23)C[C@H]1C(=O)N[C@]1(C(=O)NS(=O)(=O)C2CC2)C[C@H]1C=C. The highest BCUT2D eigenvalue weighted by Crippen LogP contribution is 2.46. The number of carboxylic acid groups (broad SMARTS) is 1. The Morgan fingerprint density at radius 1 is 1.17 bits per heavy atom. The Morgan fingerprint density at radius 3 is 2.49 bits per heavy atom. The van der Waals surface area contributed by atoms with Gasteiger partial charge in [0.25, 0.3) is 5.91 Å². The number of nitrogens with zero attached hydrogens (tertiary/aromatic N) is 2. The Morgan fingerprint density at radius 2 is 1.89 bits per heavy atom. The van der Waals surface area contributed by atoms with Gasteiger partial charge in [-0.15, -0.1) is 6.58 Å². The molecular weight excluding hydrogens is 726 g/mol. The highest BCUT2D eigenvalue weighted by Gasteiger charge is 2.62. The van der Waals surface area contributed by atoms with Gasteiger partial charge in [-0.25, -0.2) is 18.2 Å². The maximum absolute atomic E-state index is 14.7. The highest BCUT2D eigenvalue weighted by molar-refractivity contribution is 7.91. The molecule has 2 aromatic carbocycles. The van der Waals surface area contributed by atoms with Crippen LogP contribution in [0.1, 0.15) is 58.2 Å². The first-order valence-electron chi connectivity index (χ1n) is 17.7. The fourth-order valence-corrected chi connectivity index (χ4v) is 8.14. The van der Waals surface area contributed by atoms with Crippen molar-refractivity contribution in [2.75, 3.05) is 19.0 Å². The number of ether oxygens (including phenoxy) is 2. The first kappa shape index (κ1) is 36.5. The molecule has 1 aromatic heterocycles. The summed E-state index contributed by atoms with van der Waals surface area (Å²) < 4.78 is 47.7. The van der Waals surface area contributed by atoms with Crippen LogP contribution in [0, 0.1) is 11.3 Å². The molecular formula is C37H42ClN5O9S. The molecule has 3 fully saturated rings. The van der Waals surface area contributed by atoms with Gasteiger partial charge in [0.1, 0.15) is 29.5 Å². The van der Waals surface area contributed by atoms with Crippen LogP contribution in [-0.4, -0.2) is 89.7 Å². The lowest BCUT2D eigenvalue weighted by atomic mass is 9.85. The number of hydrogen-bond donors (Lipinski definition) is 4. The Kier molecular flexibility index (Phi) is 9.74. The number of rotatable bonds is 13. The van der Waals surface area contributed by atoms with E-state index in [9.17, 15) is 32.7 Å². The molecule has 1 saturated heterocycles. The van der Waals surface area contributed by atoms with E-state index in [1.54, 1.807) is 32.0 Å². The van der Waals surface area contributed by atoms with Gasteiger partial charge in [0.2, 0.25) is 27.7 Å². The van der Waals surface area contributed by atoms with Crippen LogP contribution in [0.4, 0.5) is 5.69 Å². The second-order valence-electron chi connectivity index (χ2n) is 14.4. The maximum Gasteiger partial charge on any atom is 0.335 e. The molecule has 0 unspecified atom stereocenters. The Labute approximate surface area is 313 Å². The maximum atomic E-state index is 14.7. The van der Waals surface area contributed by atoms with Crippen LogP contribution in [-0.2, 0) is 24.4 Å². The molecule has 2 heterocycles. The van der Waals surface area contributed by atoms with Gasteiger partial charge in [-0.3, -0.25) is 19.1 Å². The standard InChI is InChI=1S/C37H42ClN5O9S/c1-6-21-17-37(21,35(48)42-53(49,50)25-12-13-25)41-31(44)28-16-24(52-32-27-15-22(38)9-14-26(27)29(51-5)18-39-32)19-43(28)33(45)30(36(2,3)4)40-23-10-7-20(8-11-23)34(46)47/h6-11,14-15,18,21,24-25,28,30,40H,1,12-13,16-17,19H2,2-5H3,(H,41,44)(H,42,48)(H,46,47)/t21-,24-,28+,30-,37-/m1/s1/i2D. The summed E-state index contributed by atoms with van der Waals surface area (Å²) in [4.78, 5) is 59.8. The number of methoxy groups -OCH3 is 1. The van der Waals surface area contributed by atoms with Crippen LogP contribution in [0.25, 0.3) is 10.8 Å². The molecule has 4 N–H and O–H groups in total. The van der Waals surface area contributed by atoms with Crippen molar-refractivity contribution in [3.63, 3.8) is 0 Å². The van der Waals surface area contributed by atoms with Crippen molar-refractivity contribution in [3.05, 3.63) is 71.9 Å². The molecule has 3 amide bonds. The van der Waals surface area contributed by atoms with Crippen LogP contribution in [0.2, 0.25) is 5.02 Å². The minimum Gasteiger partial charge on any atom is -0.494 e. The van der Waals surface area contributed by atoms with Crippen molar-refractivity contribution in [2.24, 2.45) is 11.3 Å². The smallest absolute Gasteiger partial charge is 0.335 e. The van der Waals surface area contributed by atoms with Crippen LogP contribution in [0.15, 0.2) is 61.3 Å². The van der Waals surface area contributed by atoms with Crippen molar-refractivity contribution in [1.29, 1.82) is 0 Å². The van der Waals surface area contributed by atoms with Gasteiger partial charge in [-0.05, 0) is 67.1 Å². The van der Waals surface area contributed by atoms with Gasteiger partial charge in [0, 0.05) is 35.2 Å². The number of benzene rings is 2.